The number of nitrogens with one attached hydrogen (secondary N) is 2. The number of hydrogen-bond donors (Lipinski definition) is 2. The molecule has 0 aromatic carbocycles. The van der Waals surface area contributed by atoms with Crippen molar-refractivity contribution in [2.75, 3.05) is 0 Å². The van der Waals surface area contributed by atoms with Crippen molar-refractivity contribution in [2.45, 2.75) is 32.2 Å². The van der Waals surface area contributed by atoms with Gasteiger partial charge in [-0.15, -0.1) is 10.2 Å². The standard InChI is InChI=1S/C12H18N6O/c1-9(12-17-15-8-18(12)2)16-11(19)5-3-4-10-6-13-14-7-10/h6-9H,3-5H2,1-2H3,(H,13,14)(H,16,19). The molecule has 0 radical (unpaired) electrons. The van der Waals surface area contributed by atoms with Gasteiger partial charge in [-0.25, -0.2) is 0 Å². The van der Waals surface area contributed by atoms with Crippen LogP contribution in [0.3, 0.4) is 0 Å². The van der Waals surface area contributed by atoms with Gasteiger partial charge in [-0.2, -0.15) is 5.10 Å². The number of carbonyl (C=O) groups excluding carboxylic acids is 1. The maximum atomic E-state index is 11.8. The summed E-state index contributed by atoms with van der Waals surface area (Å²) in [4.78, 5) is 11.8. The Bertz CT molecular complexity index is 518. The monoisotopic (exact) mass is 262 g/mol. The molecule has 0 saturated carbocycles. The number of aromatic nitrogens is 5. The zero-order chi connectivity index (χ0) is 13.7. The largest absolute Gasteiger partial charge is 0.346 e. The van der Waals surface area contributed by atoms with Gasteiger partial charge in [0.15, 0.2) is 5.82 Å². The molecule has 102 valence electrons. The van der Waals surface area contributed by atoms with Gasteiger partial charge in [-0.1, -0.05) is 0 Å². The quantitative estimate of drug-likeness (QED) is 0.803. The molecule has 7 heteroatoms. The molecule has 0 fully saturated rings. The lowest BCUT2D eigenvalue weighted by Gasteiger charge is -2.12. The molecule has 0 saturated heterocycles. The van der Waals surface area contributed by atoms with Crippen LogP contribution in [0, 0.1) is 0 Å². The summed E-state index contributed by atoms with van der Waals surface area (Å²) in [5.41, 5.74) is 1.12. The molecule has 0 bridgehead atoms. The first kappa shape index (κ1) is 13.3. The molecule has 2 heterocycles. The molecule has 0 aliphatic rings. The molecule has 0 spiro atoms. The minimum Gasteiger partial charge on any atom is -0.346 e. The average molecular weight is 262 g/mol. The highest BCUT2D eigenvalue weighted by atomic mass is 16.1. The first-order chi connectivity index (χ1) is 9.16. The first-order valence-electron chi connectivity index (χ1n) is 6.27. The van der Waals surface area contributed by atoms with Crippen LogP contribution in [0.5, 0.6) is 0 Å². The van der Waals surface area contributed by atoms with Gasteiger partial charge in [-0.05, 0) is 25.3 Å². The van der Waals surface area contributed by atoms with E-state index in [1.165, 1.54) is 0 Å². The van der Waals surface area contributed by atoms with Crippen LogP contribution in [0.25, 0.3) is 0 Å². The van der Waals surface area contributed by atoms with Crippen LogP contribution in [0.4, 0.5) is 0 Å². The van der Waals surface area contributed by atoms with Crippen LogP contribution in [-0.2, 0) is 18.3 Å². The maximum Gasteiger partial charge on any atom is 0.220 e. The zero-order valence-corrected chi connectivity index (χ0v) is 11.1. The van der Waals surface area contributed by atoms with E-state index in [2.05, 4.69) is 25.7 Å². The summed E-state index contributed by atoms with van der Waals surface area (Å²) >= 11 is 0. The number of amides is 1. The molecular formula is C12H18N6O. The second-order valence-corrected chi connectivity index (χ2v) is 4.55. The first-order valence-corrected chi connectivity index (χ1v) is 6.27. The van der Waals surface area contributed by atoms with Gasteiger partial charge in [-0.3, -0.25) is 9.89 Å². The van der Waals surface area contributed by atoms with Gasteiger partial charge >= 0.3 is 0 Å². The highest BCUT2D eigenvalue weighted by molar-refractivity contribution is 5.76. The Kier molecular flexibility index (Phi) is 4.27. The minimum absolute atomic E-state index is 0.0268. The summed E-state index contributed by atoms with van der Waals surface area (Å²) in [5.74, 6) is 0.780. The van der Waals surface area contributed by atoms with E-state index in [1.54, 1.807) is 17.1 Å². The fourth-order valence-electron chi connectivity index (χ4n) is 1.93. The van der Waals surface area contributed by atoms with E-state index in [9.17, 15) is 4.79 Å². The van der Waals surface area contributed by atoms with Crippen LogP contribution >= 0.6 is 0 Å². The number of aromatic amines is 1. The third kappa shape index (κ3) is 3.64. The Balaban J connectivity index is 1.74. The Hall–Kier alpha value is -2.18. The molecule has 19 heavy (non-hydrogen) atoms. The summed E-state index contributed by atoms with van der Waals surface area (Å²) in [5, 5.41) is 17.3. The summed E-state index contributed by atoms with van der Waals surface area (Å²) in [7, 11) is 1.86. The third-order valence-corrected chi connectivity index (χ3v) is 2.94. The second kappa shape index (κ2) is 6.12. The average Bonchev–Trinajstić information content (AvgIpc) is 3.00. The molecule has 1 amide bonds. The Labute approximate surface area is 111 Å². The molecule has 2 aromatic rings. The van der Waals surface area contributed by atoms with Crippen molar-refractivity contribution in [3.05, 3.63) is 30.1 Å². The van der Waals surface area contributed by atoms with E-state index in [4.69, 9.17) is 0 Å². The van der Waals surface area contributed by atoms with Crippen molar-refractivity contribution >= 4 is 5.91 Å². The molecule has 0 aliphatic carbocycles. The highest BCUT2D eigenvalue weighted by Crippen LogP contribution is 2.08. The molecule has 2 aromatic heterocycles. The molecule has 1 atom stereocenters. The van der Waals surface area contributed by atoms with Crippen LogP contribution in [-0.4, -0.2) is 30.9 Å². The topological polar surface area (TPSA) is 88.5 Å². The number of H-pyrrole nitrogens is 1. The van der Waals surface area contributed by atoms with Crippen LogP contribution in [0.15, 0.2) is 18.7 Å². The third-order valence-electron chi connectivity index (χ3n) is 2.94. The van der Waals surface area contributed by atoms with Gasteiger partial charge in [0.2, 0.25) is 5.91 Å². The number of aryl methyl sites for hydroxylation is 2. The summed E-state index contributed by atoms with van der Waals surface area (Å²) in [6, 6.07) is -0.131. The van der Waals surface area contributed by atoms with E-state index in [0.29, 0.717) is 6.42 Å². The van der Waals surface area contributed by atoms with Gasteiger partial charge in [0.25, 0.3) is 0 Å². The van der Waals surface area contributed by atoms with Gasteiger partial charge < -0.3 is 9.88 Å². The van der Waals surface area contributed by atoms with Crippen LogP contribution < -0.4 is 5.32 Å². The number of nitrogens with zero attached hydrogens (tertiary/aromatic N) is 4. The molecule has 1 unspecified atom stereocenters. The zero-order valence-electron chi connectivity index (χ0n) is 11.1. The van der Waals surface area contributed by atoms with Crippen molar-refractivity contribution < 1.29 is 4.79 Å². The number of hydrogen-bond acceptors (Lipinski definition) is 4. The van der Waals surface area contributed by atoms with Crippen molar-refractivity contribution in [2.24, 2.45) is 7.05 Å². The van der Waals surface area contributed by atoms with Crippen molar-refractivity contribution in [3.8, 4) is 0 Å². The Morgan fingerprint density at radius 3 is 3.05 bits per heavy atom. The molecule has 2 rings (SSSR count). The normalized spacial score (nSPS) is 12.3. The Morgan fingerprint density at radius 1 is 1.58 bits per heavy atom. The van der Waals surface area contributed by atoms with E-state index in [0.717, 1.165) is 24.2 Å². The van der Waals surface area contributed by atoms with Crippen LogP contribution in [0.2, 0.25) is 0 Å². The van der Waals surface area contributed by atoms with Crippen LogP contribution in [0.1, 0.15) is 37.2 Å². The fourth-order valence-corrected chi connectivity index (χ4v) is 1.93. The van der Waals surface area contributed by atoms with E-state index < -0.39 is 0 Å². The van der Waals surface area contributed by atoms with Gasteiger partial charge in [0, 0.05) is 19.7 Å². The molecule has 2 N–H and O–H groups in total. The van der Waals surface area contributed by atoms with Crippen molar-refractivity contribution in [3.63, 3.8) is 0 Å². The second-order valence-electron chi connectivity index (χ2n) is 4.55. The van der Waals surface area contributed by atoms with Crippen molar-refractivity contribution in [1.29, 1.82) is 0 Å². The van der Waals surface area contributed by atoms with Gasteiger partial charge in [0.05, 0.1) is 12.2 Å². The lowest BCUT2D eigenvalue weighted by atomic mass is 10.1. The highest BCUT2D eigenvalue weighted by Gasteiger charge is 2.13. The van der Waals surface area contributed by atoms with Gasteiger partial charge in [0.1, 0.15) is 6.33 Å². The van der Waals surface area contributed by atoms with Crippen molar-refractivity contribution in [1.82, 2.24) is 30.3 Å². The SMILES string of the molecule is CC(NC(=O)CCCc1cn[nH]c1)c1nncn1C. The number of carbonyl (C=O) groups is 1. The molecular weight excluding hydrogens is 244 g/mol. The maximum absolute atomic E-state index is 11.8. The minimum atomic E-state index is -0.131. The smallest absolute Gasteiger partial charge is 0.220 e. The fraction of sp³-hybridized carbons (Fsp3) is 0.500. The summed E-state index contributed by atoms with van der Waals surface area (Å²) in [6.45, 7) is 1.90. The predicted octanol–water partition coefficient (Wildman–Crippen LogP) is 0.738. The number of rotatable bonds is 6. The van der Waals surface area contributed by atoms with E-state index in [1.807, 2.05) is 20.2 Å². The lowest BCUT2D eigenvalue weighted by molar-refractivity contribution is -0.121. The summed E-state index contributed by atoms with van der Waals surface area (Å²) < 4.78 is 1.80. The van der Waals surface area contributed by atoms with E-state index >= 15 is 0 Å². The van der Waals surface area contributed by atoms with E-state index in [-0.39, 0.29) is 11.9 Å². The Morgan fingerprint density at radius 2 is 2.42 bits per heavy atom. The molecule has 0 aliphatic heterocycles. The predicted molar refractivity (Wildman–Crippen MR) is 69.1 cm³/mol. The summed E-state index contributed by atoms with van der Waals surface area (Å²) in [6.07, 6.45) is 7.39. The molecule has 7 nitrogen and oxygen atoms in total. The lowest BCUT2D eigenvalue weighted by Crippen LogP contribution is -2.28.